The minimum absolute atomic E-state index is 0.0733. The number of hydrogen-bond acceptors (Lipinski definition) is 3. The normalized spacial score (nSPS) is 15.0. The predicted octanol–water partition coefficient (Wildman–Crippen LogP) is 11.3. The number of nitrogens with zero attached hydrogens (tertiary/aromatic N) is 2. The summed E-state index contributed by atoms with van der Waals surface area (Å²) < 4.78 is 6.83. The van der Waals surface area contributed by atoms with E-state index in [1.54, 1.807) is 0 Å². The van der Waals surface area contributed by atoms with Gasteiger partial charge in [-0.3, -0.25) is 0 Å². The van der Waals surface area contributed by atoms with Crippen LogP contribution in [-0.4, -0.2) is 9.97 Å². The molecule has 0 saturated heterocycles. The molecule has 0 unspecified atom stereocenters. The zero-order chi connectivity index (χ0) is 30.5. The van der Waals surface area contributed by atoms with E-state index in [4.69, 9.17) is 14.4 Å². The van der Waals surface area contributed by atoms with Crippen molar-refractivity contribution in [1.82, 2.24) is 9.97 Å². The maximum Gasteiger partial charge on any atom is 0.160 e. The summed E-state index contributed by atoms with van der Waals surface area (Å²) in [6.07, 6.45) is 0. The second-order valence-electron chi connectivity index (χ2n) is 13.4. The quantitative estimate of drug-likeness (QED) is 0.204. The zero-order valence-corrected chi connectivity index (χ0v) is 25.8. The van der Waals surface area contributed by atoms with Crippen LogP contribution in [0.25, 0.3) is 77.4 Å². The van der Waals surface area contributed by atoms with Gasteiger partial charge in [0, 0.05) is 32.8 Å². The molecule has 8 aromatic rings. The fraction of sp³-hybridized carbons (Fsp3) is 0.143. The monoisotopic (exact) mass is 580 g/mol. The van der Waals surface area contributed by atoms with Crippen LogP contribution in [0.5, 0.6) is 0 Å². The molecule has 3 heteroatoms. The van der Waals surface area contributed by atoms with E-state index in [1.807, 2.05) is 18.2 Å². The van der Waals surface area contributed by atoms with E-state index in [-0.39, 0.29) is 10.8 Å². The smallest absolute Gasteiger partial charge is 0.160 e. The first kappa shape index (κ1) is 26.2. The first-order chi connectivity index (χ1) is 21.8. The lowest BCUT2D eigenvalue weighted by Crippen LogP contribution is -2.43. The van der Waals surface area contributed by atoms with E-state index >= 15 is 0 Å². The highest BCUT2D eigenvalue weighted by atomic mass is 16.3. The van der Waals surface area contributed by atoms with Crippen molar-refractivity contribution in [3.05, 3.63) is 132 Å². The third-order valence-corrected chi connectivity index (χ3v) is 10.6. The molecule has 2 aromatic heterocycles. The van der Waals surface area contributed by atoms with Crippen LogP contribution in [0.3, 0.4) is 0 Å². The van der Waals surface area contributed by atoms with Crippen molar-refractivity contribution in [2.75, 3.05) is 0 Å². The Labute approximate surface area is 262 Å². The van der Waals surface area contributed by atoms with E-state index in [9.17, 15) is 0 Å². The van der Waals surface area contributed by atoms with Crippen molar-refractivity contribution in [3.8, 4) is 33.8 Å². The standard InChI is InChI=1S/C42H32N2O/c1-41(2)32-21-18-25-12-8-9-15-28(25)36(32)37-33(42(41,3)4)22-20-29-31-24-27(19-23-35(31)45-39(29)37)40-43-34-17-11-10-16-30(34)38(44-40)26-13-6-5-7-14-26/h5-24H,1-4H3. The number of fused-ring (bicyclic) bond motifs is 10. The van der Waals surface area contributed by atoms with Gasteiger partial charge in [0.15, 0.2) is 5.82 Å². The molecule has 0 radical (unpaired) electrons. The summed E-state index contributed by atoms with van der Waals surface area (Å²) in [4.78, 5) is 10.2. The fourth-order valence-corrected chi connectivity index (χ4v) is 7.51. The van der Waals surface area contributed by atoms with E-state index in [0.717, 1.165) is 49.7 Å². The van der Waals surface area contributed by atoms with Gasteiger partial charge in [-0.1, -0.05) is 125 Å². The largest absolute Gasteiger partial charge is 0.455 e. The second kappa shape index (κ2) is 9.12. The van der Waals surface area contributed by atoms with Gasteiger partial charge < -0.3 is 4.42 Å². The van der Waals surface area contributed by atoms with Crippen molar-refractivity contribution in [2.45, 2.75) is 38.5 Å². The molecule has 0 fully saturated rings. The minimum atomic E-state index is -0.108. The molecule has 45 heavy (non-hydrogen) atoms. The van der Waals surface area contributed by atoms with Gasteiger partial charge in [-0.2, -0.15) is 0 Å². The van der Waals surface area contributed by atoms with Gasteiger partial charge in [-0.25, -0.2) is 9.97 Å². The van der Waals surface area contributed by atoms with Gasteiger partial charge in [0.05, 0.1) is 11.2 Å². The van der Waals surface area contributed by atoms with Crippen molar-refractivity contribution < 1.29 is 4.42 Å². The molecule has 6 aromatic carbocycles. The number of para-hydroxylation sites is 1. The Morgan fingerprint density at radius 1 is 0.511 bits per heavy atom. The third-order valence-electron chi connectivity index (χ3n) is 10.6. The summed E-state index contributed by atoms with van der Waals surface area (Å²) in [6, 6.07) is 42.9. The highest BCUT2D eigenvalue weighted by molar-refractivity contribution is 6.15. The van der Waals surface area contributed by atoms with Gasteiger partial charge in [0.1, 0.15) is 11.2 Å². The summed E-state index contributed by atoms with van der Waals surface area (Å²) >= 11 is 0. The van der Waals surface area contributed by atoms with Crippen LogP contribution in [0.15, 0.2) is 126 Å². The fourth-order valence-electron chi connectivity index (χ4n) is 7.51. The highest BCUT2D eigenvalue weighted by Crippen LogP contribution is 2.57. The molecule has 0 aliphatic heterocycles. The van der Waals surface area contributed by atoms with E-state index in [2.05, 4.69) is 131 Å². The number of hydrogen-bond donors (Lipinski definition) is 0. The maximum absolute atomic E-state index is 6.83. The lowest BCUT2D eigenvalue weighted by Gasteiger charge is -2.48. The summed E-state index contributed by atoms with van der Waals surface area (Å²) in [5.41, 5.74) is 10.8. The van der Waals surface area contributed by atoms with Crippen LogP contribution in [0, 0.1) is 0 Å². The molecular weight excluding hydrogens is 548 g/mol. The topological polar surface area (TPSA) is 38.9 Å². The molecule has 3 nitrogen and oxygen atoms in total. The molecular formula is C42H32N2O. The molecule has 0 atom stereocenters. The van der Waals surface area contributed by atoms with Gasteiger partial charge in [-0.05, 0) is 62.6 Å². The van der Waals surface area contributed by atoms with Crippen LogP contribution in [-0.2, 0) is 10.8 Å². The van der Waals surface area contributed by atoms with Crippen LogP contribution in [0.2, 0.25) is 0 Å². The first-order valence-corrected chi connectivity index (χ1v) is 15.7. The molecule has 0 bridgehead atoms. The molecule has 1 aliphatic rings. The van der Waals surface area contributed by atoms with Crippen LogP contribution < -0.4 is 0 Å². The highest BCUT2D eigenvalue weighted by Gasteiger charge is 2.47. The second-order valence-corrected chi connectivity index (χ2v) is 13.4. The van der Waals surface area contributed by atoms with Gasteiger partial charge in [0.25, 0.3) is 0 Å². The summed E-state index contributed by atoms with van der Waals surface area (Å²) in [5.74, 6) is 0.709. The summed E-state index contributed by atoms with van der Waals surface area (Å²) in [7, 11) is 0. The summed E-state index contributed by atoms with van der Waals surface area (Å²) in [6.45, 7) is 9.51. The van der Waals surface area contributed by atoms with Crippen molar-refractivity contribution in [1.29, 1.82) is 0 Å². The molecule has 216 valence electrons. The molecule has 0 saturated carbocycles. The molecule has 0 spiro atoms. The maximum atomic E-state index is 6.83. The molecule has 1 aliphatic carbocycles. The van der Waals surface area contributed by atoms with Crippen molar-refractivity contribution in [3.63, 3.8) is 0 Å². The average molecular weight is 581 g/mol. The van der Waals surface area contributed by atoms with Gasteiger partial charge in [0.2, 0.25) is 0 Å². The molecule has 2 heterocycles. The lowest BCUT2D eigenvalue weighted by atomic mass is 9.55. The number of benzene rings is 6. The van der Waals surface area contributed by atoms with Crippen molar-refractivity contribution >= 4 is 43.6 Å². The Bertz CT molecular complexity index is 2480. The van der Waals surface area contributed by atoms with Crippen LogP contribution in [0.1, 0.15) is 38.8 Å². The number of aromatic nitrogens is 2. The molecule has 9 rings (SSSR count). The SMILES string of the molecule is CC1(C)c2ccc3ccccc3c2-c2c(ccc3c2oc2ccc(-c4nc(-c5ccccc5)c5ccccc5n4)cc23)C1(C)C. The van der Waals surface area contributed by atoms with Gasteiger partial charge >= 0.3 is 0 Å². The Morgan fingerprint density at radius 3 is 2.02 bits per heavy atom. The van der Waals surface area contributed by atoms with Crippen molar-refractivity contribution in [2.24, 2.45) is 0 Å². The average Bonchev–Trinajstić information content (AvgIpc) is 3.45. The molecule has 0 amide bonds. The van der Waals surface area contributed by atoms with E-state index in [0.29, 0.717) is 5.82 Å². The van der Waals surface area contributed by atoms with E-state index in [1.165, 1.54) is 33.0 Å². The molecule has 0 N–H and O–H groups in total. The van der Waals surface area contributed by atoms with Crippen LogP contribution in [0.4, 0.5) is 0 Å². The Morgan fingerprint density at radius 2 is 1.20 bits per heavy atom. The van der Waals surface area contributed by atoms with E-state index < -0.39 is 0 Å². The zero-order valence-electron chi connectivity index (χ0n) is 25.8. The third kappa shape index (κ3) is 3.58. The number of rotatable bonds is 2. The Kier molecular flexibility index (Phi) is 5.30. The van der Waals surface area contributed by atoms with Crippen LogP contribution >= 0.6 is 0 Å². The minimum Gasteiger partial charge on any atom is -0.455 e. The lowest BCUT2D eigenvalue weighted by molar-refractivity contribution is 0.299. The Balaban J connectivity index is 1.31. The summed E-state index contributed by atoms with van der Waals surface area (Å²) in [5, 5.41) is 5.75. The number of furan rings is 1. The predicted molar refractivity (Wildman–Crippen MR) is 187 cm³/mol. The van der Waals surface area contributed by atoms with Gasteiger partial charge in [-0.15, -0.1) is 0 Å². The first-order valence-electron chi connectivity index (χ1n) is 15.7. The Hall–Kier alpha value is -5.28.